The van der Waals surface area contributed by atoms with Crippen molar-refractivity contribution in [3.05, 3.63) is 0 Å². The molecule has 2 N–H and O–H groups in total. The molecule has 12 heteroatoms. The van der Waals surface area contributed by atoms with E-state index in [1.807, 2.05) is 0 Å². The first-order valence-corrected chi connectivity index (χ1v) is 7.62. The Bertz CT molecular complexity index is 411. The lowest BCUT2D eigenvalue weighted by molar-refractivity contribution is -0.185. The number of carbonyl (C=O) groups excluding carboxylic acids is 1. The summed E-state index contributed by atoms with van der Waals surface area (Å²) in [6.07, 6.45) is -15.5. The van der Waals surface area contributed by atoms with Crippen LogP contribution in [0.2, 0.25) is 0 Å². The number of alkyl halides is 6. The number of unbranched alkanes of at least 4 members (excludes halogenated alkanes) is 1. The smallest absolute Gasteiger partial charge is 0.390 e. The molecule has 5 nitrogen and oxygen atoms in total. The predicted molar refractivity (Wildman–Crippen MR) is 62.0 cm³/mol. The molecule has 132 valence electrons. The molecule has 0 amide bonds. The fourth-order valence-corrected chi connectivity index (χ4v) is 2.71. The summed E-state index contributed by atoms with van der Waals surface area (Å²) in [4.78, 5) is 29.6. The summed E-state index contributed by atoms with van der Waals surface area (Å²) in [6, 6.07) is 0. The van der Waals surface area contributed by atoms with Gasteiger partial charge < -0.3 is 14.5 Å². The van der Waals surface area contributed by atoms with Gasteiger partial charge in [-0.3, -0.25) is 9.36 Å². The van der Waals surface area contributed by atoms with E-state index < -0.39 is 50.5 Å². The van der Waals surface area contributed by atoms with E-state index in [0.717, 1.165) is 0 Å². The lowest BCUT2D eigenvalue weighted by Crippen LogP contribution is -2.47. The first-order chi connectivity index (χ1) is 9.65. The van der Waals surface area contributed by atoms with Crippen LogP contribution in [0.5, 0.6) is 0 Å². The monoisotopic (exact) mass is 360 g/mol. The van der Waals surface area contributed by atoms with Crippen molar-refractivity contribution in [3.63, 3.8) is 0 Å². The van der Waals surface area contributed by atoms with E-state index in [0.29, 0.717) is 6.42 Å². The van der Waals surface area contributed by atoms with Crippen molar-refractivity contribution in [2.24, 2.45) is 0 Å². The Balaban J connectivity index is 5.76. The van der Waals surface area contributed by atoms with Crippen molar-refractivity contribution in [1.82, 2.24) is 0 Å². The molecule has 0 aliphatic heterocycles. The van der Waals surface area contributed by atoms with Crippen LogP contribution in [0, 0.1) is 0 Å². The second kappa shape index (κ2) is 7.18. The zero-order valence-electron chi connectivity index (χ0n) is 11.4. The quantitative estimate of drug-likeness (QED) is 0.315. The van der Waals surface area contributed by atoms with Crippen molar-refractivity contribution in [2.75, 3.05) is 6.61 Å². The fraction of sp³-hybridized carbons (Fsp3) is 0.900. The van der Waals surface area contributed by atoms with E-state index in [1.165, 1.54) is 0 Å². The van der Waals surface area contributed by atoms with Gasteiger partial charge >= 0.3 is 25.9 Å². The average molecular weight is 360 g/mol. The van der Waals surface area contributed by atoms with Crippen LogP contribution < -0.4 is 0 Å². The van der Waals surface area contributed by atoms with E-state index >= 15 is 0 Å². The van der Waals surface area contributed by atoms with Gasteiger partial charge in [-0.2, -0.15) is 26.3 Å². The van der Waals surface area contributed by atoms with Crippen LogP contribution in [0.25, 0.3) is 0 Å². The SMILES string of the molecule is CCCCOC(=O)C(CC(F)(F)F)(CC(F)(F)F)P(=O)(O)O. The first-order valence-electron chi connectivity index (χ1n) is 6.01. The highest BCUT2D eigenvalue weighted by atomic mass is 31.2. The number of halogens is 6. The second-order valence-electron chi connectivity index (χ2n) is 4.65. The van der Waals surface area contributed by atoms with Gasteiger partial charge in [-0.05, 0) is 6.42 Å². The van der Waals surface area contributed by atoms with E-state index in [9.17, 15) is 35.7 Å². The molecule has 0 radical (unpaired) electrons. The third kappa shape index (κ3) is 6.53. The maximum atomic E-state index is 12.5. The van der Waals surface area contributed by atoms with Crippen molar-refractivity contribution in [1.29, 1.82) is 0 Å². The molecule has 0 heterocycles. The minimum absolute atomic E-state index is 0.126. The van der Waals surface area contributed by atoms with Crippen LogP contribution in [0.3, 0.4) is 0 Å². The highest BCUT2D eigenvalue weighted by Crippen LogP contribution is 2.59. The number of ether oxygens (including phenoxy) is 1. The molecular formula is C10H15F6O5P. The average Bonchev–Trinajstić information content (AvgIpc) is 2.22. The van der Waals surface area contributed by atoms with Crippen LogP contribution >= 0.6 is 7.60 Å². The molecule has 22 heavy (non-hydrogen) atoms. The lowest BCUT2D eigenvalue weighted by atomic mass is 9.99. The molecule has 0 aliphatic carbocycles. The van der Waals surface area contributed by atoms with Gasteiger partial charge in [-0.15, -0.1) is 0 Å². The van der Waals surface area contributed by atoms with Crippen LogP contribution in [0.4, 0.5) is 26.3 Å². The van der Waals surface area contributed by atoms with Crippen LogP contribution in [-0.4, -0.2) is 39.9 Å². The third-order valence-corrected chi connectivity index (χ3v) is 4.27. The summed E-state index contributed by atoms with van der Waals surface area (Å²) in [5.74, 6) is -2.20. The van der Waals surface area contributed by atoms with Crippen molar-refractivity contribution in [2.45, 2.75) is 50.1 Å². The molecule has 0 aromatic rings. The van der Waals surface area contributed by atoms with E-state index in [-0.39, 0.29) is 6.42 Å². The summed E-state index contributed by atoms with van der Waals surface area (Å²) >= 11 is 0. The summed E-state index contributed by atoms with van der Waals surface area (Å²) in [5, 5.41) is -4.03. The molecule has 0 atom stereocenters. The largest absolute Gasteiger partial charge is 0.465 e. The summed E-state index contributed by atoms with van der Waals surface area (Å²) in [6.45, 7) is 1.07. The van der Waals surface area contributed by atoms with Gasteiger partial charge in [-0.25, -0.2) is 0 Å². The Morgan fingerprint density at radius 3 is 1.73 bits per heavy atom. The molecule has 0 spiro atoms. The highest BCUT2D eigenvalue weighted by molar-refractivity contribution is 7.54. The minimum Gasteiger partial charge on any atom is -0.465 e. The van der Waals surface area contributed by atoms with Gasteiger partial charge in [-0.1, -0.05) is 13.3 Å². The van der Waals surface area contributed by atoms with Gasteiger partial charge in [0, 0.05) is 0 Å². The van der Waals surface area contributed by atoms with E-state index in [2.05, 4.69) is 4.74 Å². The van der Waals surface area contributed by atoms with Crippen LogP contribution in [0.15, 0.2) is 0 Å². The second-order valence-corrected chi connectivity index (χ2v) is 6.59. The predicted octanol–water partition coefficient (Wildman–Crippen LogP) is 3.15. The molecular weight excluding hydrogens is 345 g/mol. The highest BCUT2D eigenvalue weighted by Gasteiger charge is 2.64. The molecule has 0 aromatic heterocycles. The molecule has 0 aromatic carbocycles. The molecule has 0 aliphatic rings. The Morgan fingerprint density at radius 2 is 1.45 bits per heavy atom. The molecule has 0 unspecified atom stereocenters. The Hall–Kier alpha value is -0.800. The fourth-order valence-electron chi connectivity index (χ4n) is 1.64. The van der Waals surface area contributed by atoms with Crippen LogP contribution in [-0.2, 0) is 14.1 Å². The maximum Gasteiger partial charge on any atom is 0.390 e. The molecule has 0 fully saturated rings. The molecule has 0 rings (SSSR count). The van der Waals surface area contributed by atoms with Crippen molar-refractivity contribution >= 4 is 13.6 Å². The van der Waals surface area contributed by atoms with Crippen molar-refractivity contribution in [3.8, 4) is 0 Å². The Labute approximate surface area is 121 Å². The summed E-state index contributed by atoms with van der Waals surface area (Å²) in [5.41, 5.74) is 0. The van der Waals surface area contributed by atoms with Gasteiger partial charge in [0.25, 0.3) is 0 Å². The number of rotatable bonds is 7. The number of carbonyl (C=O) groups is 1. The molecule has 0 bridgehead atoms. The van der Waals surface area contributed by atoms with Gasteiger partial charge in [0.15, 0.2) is 5.16 Å². The molecule has 0 saturated carbocycles. The lowest BCUT2D eigenvalue weighted by Gasteiger charge is -2.33. The van der Waals surface area contributed by atoms with Gasteiger partial charge in [0.05, 0.1) is 19.4 Å². The maximum absolute atomic E-state index is 12.5. The zero-order chi connectivity index (χ0) is 17.8. The number of esters is 1. The zero-order valence-corrected chi connectivity index (χ0v) is 12.3. The van der Waals surface area contributed by atoms with Crippen LogP contribution in [0.1, 0.15) is 32.6 Å². The third-order valence-electron chi connectivity index (χ3n) is 2.65. The summed E-state index contributed by atoms with van der Waals surface area (Å²) in [7, 11) is -6.12. The summed E-state index contributed by atoms with van der Waals surface area (Å²) < 4.78 is 90.4. The Morgan fingerprint density at radius 1 is 1.05 bits per heavy atom. The standard InChI is InChI=1S/C10H15F6O5P/c1-2-3-4-21-7(17)8(22(18,19)20,5-9(11,12)13)6-10(14,15)16/h2-6H2,1H3,(H2,18,19,20). The first kappa shape index (κ1) is 21.2. The normalized spacial score (nSPS) is 14.0. The van der Waals surface area contributed by atoms with E-state index in [4.69, 9.17) is 9.79 Å². The minimum atomic E-state index is -6.12. The van der Waals surface area contributed by atoms with Gasteiger partial charge in [0.1, 0.15) is 0 Å². The number of hydrogen-bond acceptors (Lipinski definition) is 3. The van der Waals surface area contributed by atoms with E-state index in [1.54, 1.807) is 6.92 Å². The Kier molecular flexibility index (Phi) is 6.92. The molecule has 0 saturated heterocycles. The number of hydrogen-bond donors (Lipinski definition) is 2. The topological polar surface area (TPSA) is 83.8 Å². The van der Waals surface area contributed by atoms with Crippen molar-refractivity contribution < 1.29 is 50.2 Å². The van der Waals surface area contributed by atoms with Gasteiger partial charge in [0.2, 0.25) is 0 Å².